The van der Waals surface area contributed by atoms with Gasteiger partial charge in [0, 0.05) is 6.20 Å². The second kappa shape index (κ2) is 7.81. The zero-order valence-corrected chi connectivity index (χ0v) is 12.1. The third-order valence-electron chi connectivity index (χ3n) is 2.63. The van der Waals surface area contributed by atoms with Crippen molar-refractivity contribution in [1.29, 1.82) is 0 Å². The molecule has 0 bridgehead atoms. The molecule has 0 spiro atoms. The van der Waals surface area contributed by atoms with Crippen LogP contribution in [0.4, 0.5) is 0 Å². The monoisotopic (exact) mass is 334 g/mol. The van der Waals surface area contributed by atoms with Gasteiger partial charge in [-0.3, -0.25) is 0 Å². The molecule has 0 aromatic carbocycles. The van der Waals surface area contributed by atoms with Crippen LogP contribution in [0.25, 0.3) is 0 Å². The largest absolute Gasteiger partial charge is 0.477 e. The van der Waals surface area contributed by atoms with E-state index in [9.17, 15) is 0 Å². The van der Waals surface area contributed by atoms with E-state index in [0.29, 0.717) is 11.8 Å². The van der Waals surface area contributed by atoms with Crippen LogP contribution in [-0.2, 0) is 0 Å². The van der Waals surface area contributed by atoms with Crippen LogP contribution < -0.4 is 4.74 Å². The summed E-state index contributed by atoms with van der Waals surface area (Å²) in [6.07, 6.45) is 8.25. The summed E-state index contributed by atoms with van der Waals surface area (Å²) in [5.41, 5.74) is 0. The van der Waals surface area contributed by atoms with Crippen LogP contribution in [0.2, 0.25) is 0 Å². The summed E-state index contributed by atoms with van der Waals surface area (Å²) in [5, 5.41) is 0. The van der Waals surface area contributed by atoms with Gasteiger partial charge in [0.2, 0.25) is 5.88 Å². The van der Waals surface area contributed by atoms with Crippen LogP contribution >= 0.6 is 22.6 Å². The zero-order chi connectivity index (χ0) is 11.8. The Bertz CT molecular complexity index is 307. The molecule has 1 rings (SSSR count). The second-order valence-electron chi connectivity index (χ2n) is 3.90. The lowest BCUT2D eigenvalue weighted by atomic mass is 10.0. The van der Waals surface area contributed by atoms with Crippen molar-refractivity contribution in [2.75, 3.05) is 6.61 Å². The topological polar surface area (TPSA) is 35.0 Å². The summed E-state index contributed by atoms with van der Waals surface area (Å²) in [5.74, 6) is 1.36. The molecule has 0 saturated carbocycles. The molecule has 1 aromatic rings. The number of hydrogen-bond donors (Lipinski definition) is 0. The quantitative estimate of drug-likeness (QED) is 0.714. The van der Waals surface area contributed by atoms with Gasteiger partial charge in [0.15, 0.2) is 0 Å². The molecule has 0 amide bonds. The summed E-state index contributed by atoms with van der Waals surface area (Å²) in [4.78, 5) is 8.07. The van der Waals surface area contributed by atoms with E-state index in [0.717, 1.165) is 10.2 Å². The number of halogens is 1. The number of unbranched alkanes of at least 4 members (excludes halogenated alkanes) is 1. The molecule has 90 valence electrons. The maximum atomic E-state index is 5.73. The maximum Gasteiger partial charge on any atom is 0.230 e. The fourth-order valence-electron chi connectivity index (χ4n) is 1.50. The van der Waals surface area contributed by atoms with Gasteiger partial charge in [0.1, 0.15) is 6.33 Å². The van der Waals surface area contributed by atoms with Gasteiger partial charge in [0.05, 0.1) is 10.2 Å². The van der Waals surface area contributed by atoms with Crippen LogP contribution in [0.3, 0.4) is 0 Å². The summed E-state index contributed by atoms with van der Waals surface area (Å²) < 4.78 is 6.71. The highest BCUT2D eigenvalue weighted by Crippen LogP contribution is 2.18. The van der Waals surface area contributed by atoms with Crippen molar-refractivity contribution in [1.82, 2.24) is 9.97 Å². The van der Waals surface area contributed by atoms with Crippen molar-refractivity contribution in [2.45, 2.75) is 39.5 Å². The third kappa shape index (κ3) is 4.63. The molecule has 0 N–H and O–H groups in total. The smallest absolute Gasteiger partial charge is 0.230 e. The van der Waals surface area contributed by atoms with E-state index in [4.69, 9.17) is 4.74 Å². The van der Waals surface area contributed by atoms with E-state index in [1.807, 2.05) is 0 Å². The van der Waals surface area contributed by atoms with Crippen LogP contribution in [0.1, 0.15) is 39.5 Å². The van der Waals surface area contributed by atoms with E-state index in [1.54, 1.807) is 6.20 Å². The summed E-state index contributed by atoms with van der Waals surface area (Å²) in [7, 11) is 0. The first kappa shape index (κ1) is 13.7. The summed E-state index contributed by atoms with van der Waals surface area (Å²) in [6, 6.07) is 0. The van der Waals surface area contributed by atoms with E-state index >= 15 is 0 Å². The lowest BCUT2D eigenvalue weighted by Crippen LogP contribution is -2.12. The van der Waals surface area contributed by atoms with Crippen molar-refractivity contribution in [3.8, 4) is 5.88 Å². The Hall–Kier alpha value is -0.390. The number of ether oxygens (including phenoxy) is 1. The molecule has 4 heteroatoms. The molecule has 0 radical (unpaired) electrons. The first-order chi connectivity index (χ1) is 7.77. The number of hydrogen-bond acceptors (Lipinski definition) is 3. The molecule has 1 aromatic heterocycles. The Labute approximate surface area is 111 Å². The molecule has 1 unspecified atom stereocenters. The van der Waals surface area contributed by atoms with Crippen molar-refractivity contribution in [3.05, 3.63) is 16.1 Å². The van der Waals surface area contributed by atoms with Gasteiger partial charge in [-0.15, -0.1) is 0 Å². The maximum absolute atomic E-state index is 5.73. The fraction of sp³-hybridized carbons (Fsp3) is 0.667. The first-order valence-corrected chi connectivity index (χ1v) is 6.94. The molecule has 0 fully saturated rings. The van der Waals surface area contributed by atoms with E-state index in [-0.39, 0.29) is 0 Å². The number of aromatic nitrogens is 2. The van der Waals surface area contributed by atoms with Gasteiger partial charge in [0.25, 0.3) is 0 Å². The normalized spacial score (nSPS) is 12.4. The molecule has 0 aliphatic carbocycles. The molecule has 1 atom stereocenters. The van der Waals surface area contributed by atoms with Gasteiger partial charge < -0.3 is 4.74 Å². The number of rotatable bonds is 7. The molecular formula is C12H19IN2O. The highest BCUT2D eigenvalue weighted by molar-refractivity contribution is 14.1. The average molecular weight is 334 g/mol. The Morgan fingerprint density at radius 2 is 2.25 bits per heavy atom. The minimum Gasteiger partial charge on any atom is -0.477 e. The van der Waals surface area contributed by atoms with E-state index < -0.39 is 0 Å². The van der Waals surface area contributed by atoms with E-state index in [1.165, 1.54) is 32.0 Å². The highest BCUT2D eigenvalue weighted by Gasteiger charge is 2.08. The average Bonchev–Trinajstić information content (AvgIpc) is 2.31. The molecule has 0 aliphatic heterocycles. The van der Waals surface area contributed by atoms with Gasteiger partial charge in [-0.25, -0.2) is 9.97 Å². The Kier molecular flexibility index (Phi) is 6.68. The van der Waals surface area contributed by atoms with Gasteiger partial charge in [-0.1, -0.05) is 33.1 Å². The molecule has 1 heterocycles. The number of nitrogens with zero attached hydrogens (tertiary/aromatic N) is 2. The molecule has 16 heavy (non-hydrogen) atoms. The van der Waals surface area contributed by atoms with E-state index in [2.05, 4.69) is 46.4 Å². The lowest BCUT2D eigenvalue weighted by molar-refractivity contribution is 0.224. The third-order valence-corrected chi connectivity index (χ3v) is 3.37. The Morgan fingerprint density at radius 3 is 2.88 bits per heavy atom. The minimum atomic E-state index is 0.644. The predicted octanol–water partition coefficient (Wildman–Crippen LogP) is 3.68. The highest BCUT2D eigenvalue weighted by atomic mass is 127. The van der Waals surface area contributed by atoms with Crippen LogP contribution in [-0.4, -0.2) is 16.6 Å². The van der Waals surface area contributed by atoms with Gasteiger partial charge in [-0.2, -0.15) is 0 Å². The van der Waals surface area contributed by atoms with Crippen molar-refractivity contribution >= 4 is 22.6 Å². The molecule has 0 saturated heterocycles. The van der Waals surface area contributed by atoms with Crippen LogP contribution in [0.5, 0.6) is 5.88 Å². The first-order valence-electron chi connectivity index (χ1n) is 5.86. The van der Waals surface area contributed by atoms with Gasteiger partial charge in [-0.05, 0) is 34.9 Å². The predicted molar refractivity (Wildman–Crippen MR) is 73.6 cm³/mol. The Balaban J connectivity index is 2.40. The zero-order valence-electron chi connectivity index (χ0n) is 9.95. The molecule has 0 aliphatic rings. The van der Waals surface area contributed by atoms with Gasteiger partial charge >= 0.3 is 0 Å². The van der Waals surface area contributed by atoms with Crippen molar-refractivity contribution in [2.24, 2.45) is 5.92 Å². The summed E-state index contributed by atoms with van der Waals surface area (Å²) in [6.45, 7) is 5.21. The second-order valence-corrected chi connectivity index (χ2v) is 5.07. The fourth-order valence-corrected chi connectivity index (χ4v) is 1.96. The van der Waals surface area contributed by atoms with Crippen LogP contribution in [0.15, 0.2) is 12.5 Å². The Morgan fingerprint density at radius 1 is 1.44 bits per heavy atom. The summed E-state index contributed by atoms with van der Waals surface area (Å²) >= 11 is 2.20. The lowest BCUT2D eigenvalue weighted by Gasteiger charge is -2.15. The SMILES string of the molecule is CCCCC(CC)COc1ncncc1I. The van der Waals surface area contributed by atoms with Crippen molar-refractivity contribution in [3.63, 3.8) is 0 Å². The molecule has 3 nitrogen and oxygen atoms in total. The van der Waals surface area contributed by atoms with Crippen molar-refractivity contribution < 1.29 is 4.74 Å². The standard InChI is InChI=1S/C12H19IN2O/c1-3-5-6-10(4-2)8-16-12-11(13)7-14-9-15-12/h7,9-10H,3-6,8H2,1-2H3. The van der Waals surface area contributed by atoms with Crippen LogP contribution in [0, 0.1) is 9.49 Å². The minimum absolute atomic E-state index is 0.644. The molecular weight excluding hydrogens is 315 g/mol.